The average Bonchev–Trinajstić information content (AvgIpc) is 2.71. The third-order valence-corrected chi connectivity index (χ3v) is 2.86. The fourth-order valence-corrected chi connectivity index (χ4v) is 2.13. The number of carbonyl (C=O) groups is 1. The molecule has 4 nitrogen and oxygen atoms in total. The number of ether oxygens (including phenoxy) is 1. The summed E-state index contributed by atoms with van der Waals surface area (Å²) in [6, 6.07) is 3.46. The summed E-state index contributed by atoms with van der Waals surface area (Å²) >= 11 is 1.51. The van der Waals surface area contributed by atoms with E-state index in [2.05, 4.69) is 5.32 Å². The number of hydrogen-bond acceptors (Lipinski definition) is 4. The zero-order chi connectivity index (χ0) is 9.26. The van der Waals surface area contributed by atoms with Crippen molar-refractivity contribution in [3.63, 3.8) is 0 Å². The Labute approximate surface area is 79.1 Å². The largest absolute Gasteiger partial charge is 0.438 e. The highest BCUT2D eigenvalue weighted by molar-refractivity contribution is 7.10. The first-order valence-electron chi connectivity index (χ1n) is 3.92. The second-order valence-electron chi connectivity index (χ2n) is 2.77. The normalized spacial score (nSPS) is 27.0. The van der Waals surface area contributed by atoms with Gasteiger partial charge in [0.25, 0.3) is 0 Å². The van der Waals surface area contributed by atoms with Crippen LogP contribution in [0.25, 0.3) is 0 Å². The SMILES string of the molecule is O=C1N[C@@H](CO)[C@H](c2cccs2)O1. The first kappa shape index (κ1) is 8.52. The Balaban J connectivity index is 2.19. The van der Waals surface area contributed by atoms with Gasteiger partial charge in [0.1, 0.15) is 0 Å². The fraction of sp³-hybridized carbons (Fsp3) is 0.375. The molecule has 1 aliphatic rings. The summed E-state index contributed by atoms with van der Waals surface area (Å²) in [5.74, 6) is 0. The summed E-state index contributed by atoms with van der Waals surface area (Å²) in [6.45, 7) is -0.103. The van der Waals surface area contributed by atoms with Gasteiger partial charge < -0.3 is 15.2 Å². The lowest BCUT2D eigenvalue weighted by atomic mass is 10.1. The number of rotatable bonds is 2. The van der Waals surface area contributed by atoms with Crippen molar-refractivity contribution in [3.8, 4) is 0 Å². The molecule has 13 heavy (non-hydrogen) atoms. The smallest absolute Gasteiger partial charge is 0.408 e. The van der Waals surface area contributed by atoms with Crippen LogP contribution in [0.15, 0.2) is 17.5 Å². The zero-order valence-electron chi connectivity index (χ0n) is 6.77. The van der Waals surface area contributed by atoms with Gasteiger partial charge in [-0.05, 0) is 11.4 Å². The number of aliphatic hydroxyl groups is 1. The van der Waals surface area contributed by atoms with Crippen LogP contribution in [0.1, 0.15) is 11.0 Å². The molecule has 0 spiro atoms. The monoisotopic (exact) mass is 199 g/mol. The Morgan fingerprint density at radius 1 is 1.69 bits per heavy atom. The van der Waals surface area contributed by atoms with Gasteiger partial charge in [-0.25, -0.2) is 4.79 Å². The molecule has 2 atom stereocenters. The van der Waals surface area contributed by atoms with Crippen molar-refractivity contribution in [2.75, 3.05) is 6.61 Å². The quantitative estimate of drug-likeness (QED) is 0.743. The molecule has 1 aromatic heterocycles. The summed E-state index contributed by atoms with van der Waals surface area (Å²) in [5, 5.41) is 13.4. The van der Waals surface area contributed by atoms with Crippen LogP contribution < -0.4 is 5.32 Å². The molecule has 0 saturated carbocycles. The molecule has 70 valence electrons. The van der Waals surface area contributed by atoms with Gasteiger partial charge in [0.2, 0.25) is 0 Å². The van der Waals surface area contributed by atoms with Gasteiger partial charge in [-0.1, -0.05) is 6.07 Å². The molecule has 1 aliphatic heterocycles. The second kappa shape index (κ2) is 3.35. The molecule has 1 amide bonds. The molecule has 5 heteroatoms. The van der Waals surface area contributed by atoms with Crippen LogP contribution in [0.3, 0.4) is 0 Å². The minimum atomic E-state index is -0.461. The topological polar surface area (TPSA) is 58.6 Å². The predicted octanol–water partition coefficient (Wildman–Crippen LogP) is 0.890. The van der Waals surface area contributed by atoms with Crippen LogP contribution in [-0.2, 0) is 4.74 Å². The van der Waals surface area contributed by atoms with Crippen LogP contribution in [-0.4, -0.2) is 23.8 Å². The summed E-state index contributed by atoms with van der Waals surface area (Å²) < 4.78 is 5.01. The van der Waals surface area contributed by atoms with Crippen molar-refractivity contribution < 1.29 is 14.6 Å². The predicted molar refractivity (Wildman–Crippen MR) is 47.6 cm³/mol. The molecule has 2 heterocycles. The Kier molecular flexibility index (Phi) is 2.20. The number of hydrogen-bond donors (Lipinski definition) is 2. The lowest BCUT2D eigenvalue weighted by molar-refractivity contribution is 0.121. The first-order chi connectivity index (χ1) is 6.31. The number of amides is 1. The van der Waals surface area contributed by atoms with Crippen LogP contribution in [0.2, 0.25) is 0 Å². The number of thiophene rings is 1. The molecule has 1 saturated heterocycles. The second-order valence-corrected chi connectivity index (χ2v) is 3.75. The van der Waals surface area contributed by atoms with E-state index in [1.807, 2.05) is 17.5 Å². The van der Waals surface area contributed by atoms with Crippen LogP contribution in [0.4, 0.5) is 4.79 Å². The molecule has 2 rings (SSSR count). The number of cyclic esters (lactones) is 1. The summed E-state index contributed by atoms with van der Waals surface area (Å²) in [4.78, 5) is 11.8. The van der Waals surface area contributed by atoms with Crippen molar-refractivity contribution in [2.24, 2.45) is 0 Å². The molecule has 1 fully saturated rings. The van der Waals surface area contributed by atoms with E-state index < -0.39 is 6.09 Å². The molecule has 2 N–H and O–H groups in total. The van der Waals surface area contributed by atoms with E-state index in [1.165, 1.54) is 11.3 Å². The number of carbonyl (C=O) groups excluding carboxylic acids is 1. The van der Waals surface area contributed by atoms with Gasteiger partial charge in [-0.3, -0.25) is 0 Å². The minimum absolute atomic E-state index is 0.103. The van der Waals surface area contributed by atoms with Gasteiger partial charge in [0.15, 0.2) is 6.10 Å². The van der Waals surface area contributed by atoms with Crippen molar-refractivity contribution >= 4 is 17.4 Å². The third-order valence-electron chi connectivity index (χ3n) is 1.92. The molecular formula is C8H9NO3S. The Hall–Kier alpha value is -1.07. The standard InChI is InChI=1S/C8H9NO3S/c10-4-5-7(12-8(11)9-5)6-2-1-3-13-6/h1-3,5,7,10H,4H2,(H,9,11)/t5-,7+/m0/s1. The van der Waals surface area contributed by atoms with E-state index in [1.54, 1.807) is 0 Å². The van der Waals surface area contributed by atoms with Crippen LogP contribution >= 0.6 is 11.3 Å². The van der Waals surface area contributed by atoms with E-state index in [4.69, 9.17) is 9.84 Å². The van der Waals surface area contributed by atoms with Crippen LogP contribution in [0.5, 0.6) is 0 Å². The van der Waals surface area contributed by atoms with Crippen LogP contribution in [0, 0.1) is 0 Å². The van der Waals surface area contributed by atoms with E-state index >= 15 is 0 Å². The maximum atomic E-state index is 10.9. The van der Waals surface area contributed by atoms with Gasteiger partial charge in [-0.15, -0.1) is 11.3 Å². The molecule has 1 aromatic rings. The third kappa shape index (κ3) is 1.52. The van der Waals surface area contributed by atoms with Gasteiger partial charge in [0, 0.05) is 4.88 Å². The van der Waals surface area contributed by atoms with Gasteiger partial charge in [-0.2, -0.15) is 0 Å². The maximum Gasteiger partial charge on any atom is 0.408 e. The Morgan fingerprint density at radius 2 is 2.54 bits per heavy atom. The van der Waals surface area contributed by atoms with E-state index in [-0.39, 0.29) is 18.8 Å². The van der Waals surface area contributed by atoms with E-state index in [0.29, 0.717) is 0 Å². The maximum absolute atomic E-state index is 10.9. The molecule has 0 bridgehead atoms. The molecule has 0 unspecified atom stereocenters. The summed E-state index contributed by atoms with van der Waals surface area (Å²) in [6.07, 6.45) is -0.796. The zero-order valence-corrected chi connectivity index (χ0v) is 7.58. The highest BCUT2D eigenvalue weighted by Gasteiger charge is 2.35. The Morgan fingerprint density at radius 3 is 3.15 bits per heavy atom. The fourth-order valence-electron chi connectivity index (χ4n) is 1.31. The highest BCUT2D eigenvalue weighted by atomic mass is 32.1. The summed E-state index contributed by atoms with van der Waals surface area (Å²) in [7, 11) is 0. The molecule has 0 radical (unpaired) electrons. The minimum Gasteiger partial charge on any atom is -0.438 e. The van der Waals surface area contributed by atoms with Crippen molar-refractivity contribution in [1.82, 2.24) is 5.32 Å². The van der Waals surface area contributed by atoms with Crippen molar-refractivity contribution in [2.45, 2.75) is 12.1 Å². The number of nitrogens with one attached hydrogen (secondary N) is 1. The Bertz CT molecular complexity index is 298. The van der Waals surface area contributed by atoms with Gasteiger partial charge in [0.05, 0.1) is 12.6 Å². The summed E-state index contributed by atoms with van der Waals surface area (Å²) in [5.41, 5.74) is 0. The lowest BCUT2D eigenvalue weighted by Crippen LogP contribution is -2.30. The highest BCUT2D eigenvalue weighted by Crippen LogP contribution is 2.29. The van der Waals surface area contributed by atoms with E-state index in [9.17, 15) is 4.79 Å². The average molecular weight is 199 g/mol. The molecular weight excluding hydrogens is 190 g/mol. The molecule has 0 aliphatic carbocycles. The molecule has 0 aromatic carbocycles. The van der Waals surface area contributed by atoms with Crippen molar-refractivity contribution in [1.29, 1.82) is 0 Å². The number of aliphatic hydroxyl groups excluding tert-OH is 1. The lowest BCUT2D eigenvalue weighted by Gasteiger charge is -2.11. The van der Waals surface area contributed by atoms with E-state index in [0.717, 1.165) is 4.88 Å². The number of alkyl carbamates (subject to hydrolysis) is 1. The van der Waals surface area contributed by atoms with Gasteiger partial charge >= 0.3 is 6.09 Å². The van der Waals surface area contributed by atoms with Crippen molar-refractivity contribution in [3.05, 3.63) is 22.4 Å². The first-order valence-corrected chi connectivity index (χ1v) is 4.80.